The highest BCUT2D eigenvalue weighted by Crippen LogP contribution is 2.17. The van der Waals surface area contributed by atoms with Crippen LogP contribution in [0.3, 0.4) is 0 Å². The van der Waals surface area contributed by atoms with Crippen LogP contribution in [-0.2, 0) is 13.1 Å². The van der Waals surface area contributed by atoms with Crippen LogP contribution < -0.4 is 0 Å². The molecule has 1 heterocycles. The molecule has 0 aliphatic rings. The van der Waals surface area contributed by atoms with Crippen LogP contribution in [0.4, 0.5) is 8.78 Å². The summed E-state index contributed by atoms with van der Waals surface area (Å²) in [6.45, 7) is 2.85. The van der Waals surface area contributed by atoms with Gasteiger partial charge in [-0.15, -0.1) is 11.3 Å². The van der Waals surface area contributed by atoms with Crippen LogP contribution in [0.15, 0.2) is 35.7 Å². The molecule has 0 saturated heterocycles. The highest BCUT2D eigenvalue weighted by atomic mass is 32.1. The summed E-state index contributed by atoms with van der Waals surface area (Å²) < 4.78 is 27.2. The van der Waals surface area contributed by atoms with Crippen molar-refractivity contribution < 1.29 is 8.78 Å². The minimum atomic E-state index is -0.781. The number of hydrogen-bond donors (Lipinski definition) is 0. The molecule has 0 N–H and O–H groups in total. The quantitative estimate of drug-likeness (QED) is 0.771. The molecule has 0 bridgehead atoms. The normalized spacial score (nSPS) is 11.5. The zero-order valence-electron chi connectivity index (χ0n) is 12.4. The predicted molar refractivity (Wildman–Crippen MR) is 83.3 cm³/mol. The molecule has 2 rings (SSSR count). The van der Waals surface area contributed by atoms with E-state index in [1.165, 1.54) is 4.88 Å². The summed E-state index contributed by atoms with van der Waals surface area (Å²) in [5.41, 5.74) is 0.408. The van der Waals surface area contributed by atoms with E-state index in [1.807, 2.05) is 25.5 Å². The maximum atomic E-state index is 13.8. The van der Waals surface area contributed by atoms with Crippen molar-refractivity contribution in [2.24, 2.45) is 0 Å². The van der Waals surface area contributed by atoms with E-state index in [1.54, 1.807) is 23.5 Å². The Morgan fingerprint density at radius 1 is 1.00 bits per heavy atom. The van der Waals surface area contributed by atoms with Gasteiger partial charge in [0.05, 0.1) is 0 Å². The molecule has 0 saturated carbocycles. The average molecular weight is 310 g/mol. The van der Waals surface area contributed by atoms with Gasteiger partial charge >= 0.3 is 0 Å². The molecule has 1 aromatic heterocycles. The highest BCUT2D eigenvalue weighted by molar-refractivity contribution is 7.09. The predicted octanol–water partition coefficient (Wildman–Crippen LogP) is 3.59. The minimum Gasteiger partial charge on any atom is -0.308 e. The Balaban J connectivity index is 2.08. The number of thiophene rings is 1. The number of halogens is 2. The lowest BCUT2D eigenvalue weighted by molar-refractivity contribution is 0.224. The fraction of sp³-hybridized carbons (Fsp3) is 0.375. The smallest absolute Gasteiger partial charge is 0.163 e. The van der Waals surface area contributed by atoms with Crippen LogP contribution in [0.25, 0.3) is 0 Å². The van der Waals surface area contributed by atoms with Crippen molar-refractivity contribution in [3.05, 3.63) is 57.8 Å². The van der Waals surface area contributed by atoms with Crippen LogP contribution in [-0.4, -0.2) is 37.0 Å². The van der Waals surface area contributed by atoms with Crippen LogP contribution in [0.2, 0.25) is 0 Å². The molecule has 1 aromatic carbocycles. The topological polar surface area (TPSA) is 6.48 Å². The van der Waals surface area contributed by atoms with Gasteiger partial charge in [-0.3, -0.25) is 4.90 Å². The van der Waals surface area contributed by atoms with Crippen molar-refractivity contribution in [1.29, 1.82) is 0 Å². The number of likely N-dealkylation sites (N-methyl/N-ethyl adjacent to an activating group) is 1. The number of rotatable bonds is 7. The maximum absolute atomic E-state index is 13.8. The molecule has 0 atom stereocenters. The lowest BCUT2D eigenvalue weighted by Gasteiger charge is -2.24. The van der Waals surface area contributed by atoms with E-state index in [2.05, 4.69) is 15.9 Å². The molecule has 0 amide bonds. The molecule has 2 nitrogen and oxygen atoms in total. The van der Waals surface area contributed by atoms with Gasteiger partial charge in [0.25, 0.3) is 0 Å². The van der Waals surface area contributed by atoms with Gasteiger partial charge in [0.1, 0.15) is 0 Å². The van der Waals surface area contributed by atoms with Gasteiger partial charge in [-0.05, 0) is 31.6 Å². The number of nitrogens with zero attached hydrogens (tertiary/aromatic N) is 2. The van der Waals surface area contributed by atoms with Crippen LogP contribution >= 0.6 is 11.3 Å². The van der Waals surface area contributed by atoms with Gasteiger partial charge in [0, 0.05) is 36.6 Å². The Morgan fingerprint density at radius 2 is 1.81 bits per heavy atom. The first-order valence-corrected chi connectivity index (χ1v) is 7.76. The van der Waals surface area contributed by atoms with Crippen LogP contribution in [0, 0.1) is 11.6 Å². The molecule has 5 heteroatoms. The van der Waals surface area contributed by atoms with Crippen molar-refractivity contribution in [2.45, 2.75) is 13.1 Å². The molecular formula is C16H20F2N2S. The van der Waals surface area contributed by atoms with Crippen LogP contribution in [0.5, 0.6) is 0 Å². The Bertz CT molecular complexity index is 555. The Hall–Kier alpha value is -1.30. The lowest BCUT2D eigenvalue weighted by atomic mass is 10.2. The molecule has 114 valence electrons. The van der Waals surface area contributed by atoms with Gasteiger partial charge in [-0.2, -0.15) is 0 Å². The van der Waals surface area contributed by atoms with Gasteiger partial charge in [0.2, 0.25) is 0 Å². The zero-order valence-corrected chi connectivity index (χ0v) is 13.2. The molecule has 0 aliphatic heterocycles. The van der Waals surface area contributed by atoms with Crippen molar-refractivity contribution >= 4 is 11.3 Å². The second kappa shape index (κ2) is 7.64. The van der Waals surface area contributed by atoms with Crippen molar-refractivity contribution in [1.82, 2.24) is 9.80 Å². The van der Waals surface area contributed by atoms with E-state index in [-0.39, 0.29) is 0 Å². The Kier molecular flexibility index (Phi) is 5.85. The molecule has 0 spiro atoms. The number of benzene rings is 1. The zero-order chi connectivity index (χ0) is 15.2. The van der Waals surface area contributed by atoms with Gasteiger partial charge in [-0.25, -0.2) is 8.78 Å². The highest BCUT2D eigenvalue weighted by Gasteiger charge is 2.13. The Morgan fingerprint density at radius 3 is 2.48 bits per heavy atom. The van der Waals surface area contributed by atoms with E-state index >= 15 is 0 Å². The van der Waals surface area contributed by atoms with E-state index in [4.69, 9.17) is 0 Å². The summed E-state index contributed by atoms with van der Waals surface area (Å²) in [6.07, 6.45) is 0. The first-order chi connectivity index (χ1) is 10.1. The summed E-state index contributed by atoms with van der Waals surface area (Å²) in [4.78, 5) is 5.46. The standard InChI is InChI=1S/C16H20F2N2S/c1-19(2)8-9-20(12-14-6-4-10-21-14)11-13-5-3-7-15(17)16(13)18/h3-7,10H,8-9,11-12H2,1-2H3. The first kappa shape index (κ1) is 16.1. The monoisotopic (exact) mass is 310 g/mol. The molecule has 0 fully saturated rings. The van der Waals surface area contributed by atoms with E-state index in [9.17, 15) is 8.78 Å². The molecular weight excluding hydrogens is 290 g/mol. The fourth-order valence-electron chi connectivity index (χ4n) is 2.09. The first-order valence-electron chi connectivity index (χ1n) is 6.88. The van der Waals surface area contributed by atoms with E-state index < -0.39 is 11.6 Å². The SMILES string of the molecule is CN(C)CCN(Cc1cccs1)Cc1cccc(F)c1F. The largest absolute Gasteiger partial charge is 0.308 e. The van der Waals surface area contributed by atoms with Crippen molar-refractivity contribution in [3.63, 3.8) is 0 Å². The second-order valence-corrected chi connectivity index (χ2v) is 6.34. The summed E-state index contributed by atoms with van der Waals surface area (Å²) in [6, 6.07) is 8.43. The third kappa shape index (κ3) is 4.88. The van der Waals surface area contributed by atoms with Gasteiger partial charge in [0.15, 0.2) is 11.6 Å². The summed E-state index contributed by atoms with van der Waals surface area (Å²) in [5, 5.41) is 2.03. The third-order valence-corrected chi connectivity index (χ3v) is 4.11. The summed E-state index contributed by atoms with van der Waals surface area (Å²) in [5.74, 6) is -1.52. The van der Waals surface area contributed by atoms with E-state index in [0.717, 1.165) is 25.7 Å². The summed E-state index contributed by atoms with van der Waals surface area (Å²) in [7, 11) is 4.01. The second-order valence-electron chi connectivity index (χ2n) is 5.31. The van der Waals surface area contributed by atoms with Crippen molar-refractivity contribution in [3.8, 4) is 0 Å². The third-order valence-electron chi connectivity index (χ3n) is 3.25. The average Bonchev–Trinajstić information content (AvgIpc) is 2.94. The molecule has 0 unspecified atom stereocenters. The fourth-order valence-corrected chi connectivity index (χ4v) is 2.84. The molecule has 2 aromatic rings. The van der Waals surface area contributed by atoms with Gasteiger partial charge < -0.3 is 4.90 Å². The lowest BCUT2D eigenvalue weighted by Crippen LogP contribution is -2.31. The van der Waals surface area contributed by atoms with E-state index in [0.29, 0.717) is 12.1 Å². The summed E-state index contributed by atoms with van der Waals surface area (Å²) >= 11 is 1.68. The molecule has 0 aliphatic carbocycles. The number of hydrogen-bond acceptors (Lipinski definition) is 3. The maximum Gasteiger partial charge on any atom is 0.163 e. The van der Waals surface area contributed by atoms with Crippen LogP contribution in [0.1, 0.15) is 10.4 Å². The van der Waals surface area contributed by atoms with Crippen molar-refractivity contribution in [2.75, 3.05) is 27.2 Å². The minimum absolute atomic E-state index is 0.408. The molecule has 0 radical (unpaired) electrons. The Labute approximate surface area is 128 Å². The molecule has 21 heavy (non-hydrogen) atoms. The van der Waals surface area contributed by atoms with Gasteiger partial charge in [-0.1, -0.05) is 18.2 Å².